The number of amides is 10. The minimum atomic E-state index is -1.15. The van der Waals surface area contributed by atoms with Gasteiger partial charge in [0.05, 0.1) is 55.2 Å². The lowest BCUT2D eigenvalue weighted by molar-refractivity contribution is -0.146. The second kappa shape index (κ2) is 37.3. The van der Waals surface area contributed by atoms with E-state index < -0.39 is 126 Å². The lowest BCUT2D eigenvalue weighted by Gasteiger charge is -2.40. The Bertz CT molecular complexity index is 2970. The fourth-order valence-corrected chi connectivity index (χ4v) is 11.8. The number of methoxy groups -OCH3 is 2. The maximum absolute atomic E-state index is 14.9. The van der Waals surface area contributed by atoms with Crippen molar-refractivity contribution >= 4 is 59.2 Å². The van der Waals surface area contributed by atoms with Crippen molar-refractivity contribution in [2.75, 3.05) is 46.2 Å². The van der Waals surface area contributed by atoms with Gasteiger partial charge in [0, 0.05) is 69.4 Å². The van der Waals surface area contributed by atoms with Gasteiger partial charge in [0.15, 0.2) is 0 Å². The summed E-state index contributed by atoms with van der Waals surface area (Å²) >= 11 is 0. The van der Waals surface area contributed by atoms with Crippen LogP contribution >= 0.6 is 0 Å². The topological polar surface area (TPSA) is 381 Å². The van der Waals surface area contributed by atoms with Crippen molar-refractivity contribution in [2.24, 2.45) is 58.0 Å². The first-order valence-corrected chi connectivity index (χ1v) is 31.6. The molecule has 2 unspecified atom stereocenters. The summed E-state index contributed by atoms with van der Waals surface area (Å²) < 4.78 is 17.7. The molecule has 4 rings (SSSR count). The average Bonchev–Trinajstić information content (AvgIpc) is 1.60. The number of aliphatic hydroxyl groups excluding tert-OH is 1. The van der Waals surface area contributed by atoms with Crippen molar-refractivity contribution in [3.63, 3.8) is 0 Å². The Balaban J connectivity index is 1.47. The quantitative estimate of drug-likeness (QED) is 0.0135. The third-order valence-corrected chi connectivity index (χ3v) is 17.2. The van der Waals surface area contributed by atoms with Gasteiger partial charge in [-0.25, -0.2) is 9.59 Å². The average molecular weight is 1280 g/mol. The summed E-state index contributed by atoms with van der Waals surface area (Å²) in [5.41, 5.74) is 22.1. The van der Waals surface area contributed by atoms with E-state index in [1.807, 2.05) is 32.0 Å². The highest BCUT2D eigenvalue weighted by Gasteiger charge is 2.43. The van der Waals surface area contributed by atoms with Crippen molar-refractivity contribution in [3.05, 3.63) is 112 Å². The molecule has 3 aromatic rings. The standard InChI is InChI=1S/C66H99N13O13/c1-14-40(8)56(51(90-12)34-52(80)79-32-30-47(36-79)58(91-13)41(9)59(82)72-42(10)57(81)45-19-16-15-17-20-45)78(11)64(87)55(39(6)7)76-62(85)53(37(2)3)50(92-66(68)89)33-43-24-28-48(29-25-43)73-61(84)49(21-18-31-70-65(67)88)74-63(86)54(38(4)5)75-60(83)46-26-22-44(23-27-46)35-71-77-69/h15-17,19-20,22-29,37-42,47,49-51,53-58,81H,14,18,21,30-36H2,1-13H3,(H2,68,89)(H,72,82)(H,73,84)(H,74,86)(H,75,83)(H,76,85)(H3,67,70,88)/t40-,41+,42+,47?,49-,50?,51+,53-,54-,55-,56-,57+,58+/m0/s1. The number of rotatable bonds is 36. The summed E-state index contributed by atoms with van der Waals surface area (Å²) in [7, 11) is 4.67. The molecule has 10 amide bonds. The second-order valence-corrected chi connectivity index (χ2v) is 25.0. The van der Waals surface area contributed by atoms with Gasteiger partial charge in [-0.1, -0.05) is 128 Å². The summed E-state index contributed by atoms with van der Waals surface area (Å²) in [5, 5.41) is 31.1. The van der Waals surface area contributed by atoms with E-state index in [0.717, 1.165) is 0 Å². The van der Waals surface area contributed by atoms with Crippen LogP contribution in [0.5, 0.6) is 0 Å². The highest BCUT2D eigenvalue weighted by molar-refractivity contribution is 6.00. The number of nitrogens with two attached hydrogens (primary N) is 2. The number of nitrogens with zero attached hydrogens (tertiary/aromatic N) is 5. The number of carbonyl (C=O) groups is 9. The van der Waals surface area contributed by atoms with Gasteiger partial charge < -0.3 is 72.5 Å². The van der Waals surface area contributed by atoms with Gasteiger partial charge in [0.1, 0.15) is 24.2 Å². The molecule has 26 heteroatoms. The molecule has 0 radical (unpaired) electrons. The number of likely N-dealkylation sites (tertiary alicyclic amines) is 1. The van der Waals surface area contributed by atoms with E-state index in [0.29, 0.717) is 48.3 Å². The van der Waals surface area contributed by atoms with E-state index >= 15 is 0 Å². The molecule has 26 nitrogen and oxygen atoms in total. The SMILES string of the molecule is CC[C@H](C)[C@@H]([C@@H](CC(=O)N1CCC([C@H](OC)[C@@H](C)C(=O)N[C@H](C)[C@@H](O)c2ccccc2)C1)OC)N(C)C(=O)[C@@H](NC(=O)[C@@H](C(C)C)C(Cc1ccc(NC(=O)[C@H](CCCNC(N)=O)NC(=O)[C@@H](NC(=O)c2ccc(CN=[N+]=[N-])cc2)C(C)C)cc1)OC(N)=O)C(C)C. The number of urea groups is 1. The van der Waals surface area contributed by atoms with Gasteiger partial charge in [0.2, 0.25) is 35.4 Å². The van der Waals surface area contributed by atoms with Crippen LogP contribution in [0.1, 0.15) is 134 Å². The van der Waals surface area contributed by atoms with Gasteiger partial charge in [0.25, 0.3) is 5.91 Å². The predicted molar refractivity (Wildman–Crippen MR) is 348 cm³/mol. The van der Waals surface area contributed by atoms with Crippen LogP contribution in [0, 0.1) is 41.4 Å². The van der Waals surface area contributed by atoms with Crippen LogP contribution < -0.4 is 43.4 Å². The first-order chi connectivity index (χ1) is 43.6. The molecule has 0 bridgehead atoms. The number of hydrogen-bond donors (Lipinski definition) is 9. The third kappa shape index (κ3) is 22.5. The lowest BCUT2D eigenvalue weighted by atomic mass is 9.85. The minimum absolute atomic E-state index is 0.0151. The van der Waals surface area contributed by atoms with Crippen molar-refractivity contribution in [2.45, 2.75) is 169 Å². The molecule has 13 atom stereocenters. The summed E-state index contributed by atoms with van der Waals surface area (Å²) in [6.45, 7) is 19.0. The van der Waals surface area contributed by atoms with E-state index in [-0.39, 0.29) is 68.0 Å². The lowest BCUT2D eigenvalue weighted by Crippen LogP contribution is -2.58. The first-order valence-electron chi connectivity index (χ1n) is 31.6. The highest BCUT2D eigenvalue weighted by atomic mass is 16.6. The van der Waals surface area contributed by atoms with Gasteiger partial charge in [-0.05, 0) is 96.3 Å². The number of aliphatic hydroxyl groups is 1. The molecule has 0 spiro atoms. The molecule has 3 aromatic carbocycles. The molecule has 1 aliphatic rings. The number of likely N-dealkylation sites (N-methyl/N-ethyl adjacent to an activating group) is 1. The van der Waals surface area contributed by atoms with Crippen LogP contribution in [0.3, 0.4) is 0 Å². The summed E-state index contributed by atoms with van der Waals surface area (Å²) in [5.74, 6) is -6.58. The zero-order chi connectivity index (χ0) is 68.5. The monoisotopic (exact) mass is 1280 g/mol. The molecular weight excluding hydrogens is 1180 g/mol. The number of benzene rings is 3. The van der Waals surface area contributed by atoms with Crippen molar-refractivity contribution < 1.29 is 62.5 Å². The Kier molecular flexibility index (Phi) is 30.8. The molecule has 1 aliphatic heterocycles. The number of azide groups is 1. The molecule has 0 aliphatic carbocycles. The molecule has 1 fully saturated rings. The van der Waals surface area contributed by atoms with Crippen molar-refractivity contribution in [1.29, 1.82) is 0 Å². The Morgan fingerprint density at radius 3 is 1.93 bits per heavy atom. The Labute approximate surface area is 540 Å². The molecule has 11 N–H and O–H groups in total. The zero-order valence-electron chi connectivity index (χ0n) is 55.6. The minimum Gasteiger partial charge on any atom is -0.445 e. The van der Waals surface area contributed by atoms with Crippen LogP contribution in [0.2, 0.25) is 0 Å². The first kappa shape index (κ1) is 76.1. The maximum Gasteiger partial charge on any atom is 0.404 e. The van der Waals surface area contributed by atoms with Crippen LogP contribution in [-0.2, 0) is 55.9 Å². The summed E-state index contributed by atoms with van der Waals surface area (Å²) in [6, 6.07) is 16.6. The Hall–Kier alpha value is -8.32. The summed E-state index contributed by atoms with van der Waals surface area (Å²) in [4.78, 5) is 129. The van der Waals surface area contributed by atoms with Crippen LogP contribution in [0.4, 0.5) is 15.3 Å². The summed E-state index contributed by atoms with van der Waals surface area (Å²) in [6.07, 6.45) is -3.06. The number of ether oxygens (including phenoxy) is 3. The van der Waals surface area contributed by atoms with E-state index in [2.05, 4.69) is 41.9 Å². The maximum atomic E-state index is 14.9. The largest absolute Gasteiger partial charge is 0.445 e. The van der Waals surface area contributed by atoms with Crippen molar-refractivity contribution in [1.82, 2.24) is 36.4 Å². The number of nitrogens with one attached hydrogen (secondary N) is 6. The van der Waals surface area contributed by atoms with Crippen molar-refractivity contribution in [3.8, 4) is 0 Å². The second-order valence-electron chi connectivity index (χ2n) is 25.0. The van der Waals surface area contributed by atoms with E-state index in [4.69, 9.17) is 31.2 Å². The van der Waals surface area contributed by atoms with Crippen LogP contribution in [0.25, 0.3) is 10.4 Å². The Morgan fingerprint density at radius 2 is 1.38 bits per heavy atom. The van der Waals surface area contributed by atoms with Gasteiger partial charge in [-0.2, -0.15) is 0 Å². The predicted octanol–water partition coefficient (Wildman–Crippen LogP) is 6.26. The van der Waals surface area contributed by atoms with Gasteiger partial charge in [-0.3, -0.25) is 33.6 Å². The Morgan fingerprint density at radius 1 is 0.750 bits per heavy atom. The number of hydrogen-bond acceptors (Lipinski definition) is 14. The normalized spacial score (nSPS) is 17.0. The molecule has 92 heavy (non-hydrogen) atoms. The van der Waals surface area contributed by atoms with E-state index in [9.17, 15) is 48.3 Å². The smallest absolute Gasteiger partial charge is 0.404 e. The molecular formula is C66H99N13O13. The molecule has 1 saturated heterocycles. The fraction of sp³-hybridized carbons (Fsp3) is 0.591. The molecule has 506 valence electrons. The fourth-order valence-electron chi connectivity index (χ4n) is 11.8. The zero-order valence-corrected chi connectivity index (χ0v) is 55.6. The van der Waals surface area contributed by atoms with E-state index in [1.54, 1.807) is 128 Å². The van der Waals surface area contributed by atoms with Gasteiger partial charge >= 0.3 is 12.1 Å². The third-order valence-electron chi connectivity index (χ3n) is 17.2. The van der Waals surface area contributed by atoms with Crippen LogP contribution in [-0.4, -0.2) is 158 Å². The molecule has 0 saturated carbocycles. The molecule has 0 aromatic heterocycles. The van der Waals surface area contributed by atoms with Crippen LogP contribution in [0.15, 0.2) is 84.0 Å². The number of primary amides is 2. The number of anilines is 1. The van der Waals surface area contributed by atoms with Gasteiger partial charge in [-0.15, -0.1) is 0 Å². The van der Waals surface area contributed by atoms with E-state index in [1.165, 1.54) is 19.2 Å². The number of carbonyl (C=O) groups excluding carboxylic acids is 9. The highest BCUT2D eigenvalue weighted by Crippen LogP contribution is 2.31. The molecule has 1 heterocycles.